The Morgan fingerprint density at radius 3 is 2.83 bits per heavy atom. The van der Waals surface area contributed by atoms with Gasteiger partial charge in [-0.15, -0.1) is 0 Å². The van der Waals surface area contributed by atoms with Gasteiger partial charge in [0, 0.05) is 44.4 Å². The molecule has 0 unspecified atom stereocenters. The van der Waals surface area contributed by atoms with Crippen LogP contribution in [0, 0.1) is 0 Å². The summed E-state index contributed by atoms with van der Waals surface area (Å²) in [5.41, 5.74) is 1.22. The summed E-state index contributed by atoms with van der Waals surface area (Å²) in [6, 6.07) is 2.82. The minimum absolute atomic E-state index is 0.0723. The zero-order chi connectivity index (χ0) is 17.3. The lowest BCUT2D eigenvalue weighted by molar-refractivity contribution is -0.120. The number of imidazole rings is 1. The summed E-state index contributed by atoms with van der Waals surface area (Å²) in [4.78, 5) is 21.3. The number of carboxylic acid groups (broad SMARTS) is 1. The summed E-state index contributed by atoms with van der Waals surface area (Å²) < 4.78 is 27.6. The summed E-state index contributed by atoms with van der Waals surface area (Å²) in [7, 11) is 1.84. The molecular weight excluding hydrogens is 318 g/mol. The Morgan fingerprint density at radius 2 is 2.17 bits per heavy atom. The fourth-order valence-corrected chi connectivity index (χ4v) is 2.72. The second kappa shape index (κ2) is 6.27. The van der Waals surface area contributed by atoms with E-state index in [1.807, 2.05) is 16.5 Å². The Hall–Kier alpha value is -2.35. The fraction of sp³-hybridized carbons (Fsp3) is 0.438. The zero-order valence-corrected chi connectivity index (χ0v) is 13.2. The van der Waals surface area contributed by atoms with E-state index < -0.39 is 11.9 Å². The molecule has 0 spiro atoms. The molecule has 1 saturated carbocycles. The van der Waals surface area contributed by atoms with Gasteiger partial charge in [0.25, 0.3) is 5.92 Å². The van der Waals surface area contributed by atoms with E-state index in [9.17, 15) is 13.6 Å². The molecule has 1 fully saturated rings. The van der Waals surface area contributed by atoms with Crippen LogP contribution in [-0.4, -0.2) is 56.1 Å². The average Bonchev–Trinajstić information content (AvgIpc) is 2.99. The van der Waals surface area contributed by atoms with E-state index >= 15 is 0 Å². The molecule has 1 aliphatic rings. The predicted molar refractivity (Wildman–Crippen MR) is 83.0 cm³/mol. The van der Waals surface area contributed by atoms with Gasteiger partial charge >= 0.3 is 5.97 Å². The molecule has 0 atom stereocenters. The van der Waals surface area contributed by atoms with Crippen molar-refractivity contribution in [1.82, 2.24) is 19.4 Å². The number of halogens is 2. The molecule has 2 aromatic rings. The van der Waals surface area contributed by atoms with Crippen LogP contribution in [0.4, 0.5) is 8.78 Å². The van der Waals surface area contributed by atoms with Crippen molar-refractivity contribution in [3.8, 4) is 11.4 Å². The number of likely N-dealkylation sites (N-methyl/N-ethyl adjacent to an activating group) is 1. The normalized spacial score (nSPS) is 17.0. The van der Waals surface area contributed by atoms with E-state index in [4.69, 9.17) is 5.11 Å². The molecule has 0 bridgehead atoms. The number of rotatable bonds is 6. The number of carboxylic acids is 1. The van der Waals surface area contributed by atoms with Crippen LogP contribution in [0.2, 0.25) is 0 Å². The highest BCUT2D eigenvalue weighted by Crippen LogP contribution is 2.39. The van der Waals surface area contributed by atoms with E-state index in [0.717, 1.165) is 0 Å². The van der Waals surface area contributed by atoms with Crippen LogP contribution < -0.4 is 0 Å². The third-order valence-electron chi connectivity index (χ3n) is 4.31. The van der Waals surface area contributed by atoms with Crippen molar-refractivity contribution in [1.29, 1.82) is 0 Å². The standard InChI is InChI=1S/C16H18F2N4O2/c1-21(12-7-16(17,18)8-12)4-5-22-9-14(20-10-22)13-6-11(15(23)24)2-3-19-13/h2-3,6,9-10,12H,4-5,7-8H2,1H3,(H,23,24). The van der Waals surface area contributed by atoms with Crippen molar-refractivity contribution >= 4 is 5.97 Å². The molecule has 3 rings (SSSR count). The van der Waals surface area contributed by atoms with Gasteiger partial charge in [-0.2, -0.15) is 0 Å². The second-order valence-electron chi connectivity index (χ2n) is 6.13. The van der Waals surface area contributed by atoms with Gasteiger partial charge in [0.2, 0.25) is 0 Å². The molecule has 0 amide bonds. The van der Waals surface area contributed by atoms with Crippen molar-refractivity contribution in [3.05, 3.63) is 36.4 Å². The minimum Gasteiger partial charge on any atom is -0.478 e. The van der Waals surface area contributed by atoms with Gasteiger partial charge < -0.3 is 14.6 Å². The minimum atomic E-state index is -2.51. The average molecular weight is 336 g/mol. The van der Waals surface area contributed by atoms with Crippen LogP contribution in [0.15, 0.2) is 30.9 Å². The lowest BCUT2D eigenvalue weighted by Gasteiger charge is -2.40. The van der Waals surface area contributed by atoms with Crippen molar-refractivity contribution < 1.29 is 18.7 Å². The van der Waals surface area contributed by atoms with E-state index in [2.05, 4.69) is 9.97 Å². The zero-order valence-electron chi connectivity index (χ0n) is 13.2. The van der Waals surface area contributed by atoms with Crippen molar-refractivity contribution in [2.45, 2.75) is 31.4 Å². The number of hydrogen-bond donors (Lipinski definition) is 1. The van der Waals surface area contributed by atoms with Crippen LogP contribution in [0.5, 0.6) is 0 Å². The highest BCUT2D eigenvalue weighted by molar-refractivity contribution is 5.88. The molecule has 2 aromatic heterocycles. The molecule has 1 N–H and O–H groups in total. The van der Waals surface area contributed by atoms with Gasteiger partial charge in [0.05, 0.1) is 17.6 Å². The van der Waals surface area contributed by atoms with Gasteiger partial charge in [-0.1, -0.05) is 0 Å². The number of pyridine rings is 1. The molecule has 0 saturated heterocycles. The number of aromatic nitrogens is 3. The molecular formula is C16H18F2N4O2. The largest absolute Gasteiger partial charge is 0.478 e. The van der Waals surface area contributed by atoms with Gasteiger partial charge in [0.15, 0.2) is 0 Å². The Bertz CT molecular complexity index is 739. The summed E-state index contributed by atoms with van der Waals surface area (Å²) in [5, 5.41) is 9.01. The maximum atomic E-state index is 12.9. The van der Waals surface area contributed by atoms with E-state index in [0.29, 0.717) is 24.5 Å². The van der Waals surface area contributed by atoms with Crippen molar-refractivity contribution in [2.24, 2.45) is 0 Å². The summed E-state index contributed by atoms with van der Waals surface area (Å²) in [6.45, 7) is 1.25. The first-order chi connectivity index (χ1) is 11.3. The number of nitrogens with zero attached hydrogens (tertiary/aromatic N) is 4. The van der Waals surface area contributed by atoms with Crippen molar-refractivity contribution in [3.63, 3.8) is 0 Å². The topological polar surface area (TPSA) is 71.2 Å². The summed E-state index contributed by atoms with van der Waals surface area (Å²) in [5.74, 6) is -3.53. The SMILES string of the molecule is CN(CCn1cnc(-c2cc(C(=O)O)ccn2)c1)C1CC(F)(F)C1. The molecule has 2 heterocycles. The summed E-state index contributed by atoms with van der Waals surface area (Å²) in [6.07, 6.45) is 4.68. The van der Waals surface area contributed by atoms with Crippen LogP contribution in [0.25, 0.3) is 11.4 Å². The van der Waals surface area contributed by atoms with Crippen LogP contribution >= 0.6 is 0 Å². The van der Waals surface area contributed by atoms with Crippen LogP contribution in [-0.2, 0) is 6.54 Å². The molecule has 0 radical (unpaired) electrons. The Labute approximate surface area is 137 Å². The first kappa shape index (κ1) is 16.5. The lowest BCUT2D eigenvalue weighted by atomic mass is 9.87. The molecule has 0 aromatic carbocycles. The molecule has 24 heavy (non-hydrogen) atoms. The molecule has 8 heteroatoms. The third-order valence-corrected chi connectivity index (χ3v) is 4.31. The van der Waals surface area contributed by atoms with Crippen LogP contribution in [0.3, 0.4) is 0 Å². The Kier molecular flexibility index (Phi) is 4.31. The monoisotopic (exact) mass is 336 g/mol. The third kappa shape index (κ3) is 3.59. The first-order valence-corrected chi connectivity index (χ1v) is 7.64. The number of alkyl halides is 2. The molecule has 1 aliphatic carbocycles. The smallest absolute Gasteiger partial charge is 0.335 e. The Morgan fingerprint density at radius 1 is 1.42 bits per heavy atom. The van der Waals surface area contributed by atoms with Gasteiger partial charge in [-0.25, -0.2) is 18.6 Å². The number of hydrogen-bond acceptors (Lipinski definition) is 4. The van der Waals surface area contributed by atoms with Crippen molar-refractivity contribution in [2.75, 3.05) is 13.6 Å². The lowest BCUT2D eigenvalue weighted by Crippen LogP contribution is -2.49. The van der Waals surface area contributed by atoms with Crippen LogP contribution in [0.1, 0.15) is 23.2 Å². The van der Waals surface area contributed by atoms with Gasteiger partial charge in [-0.05, 0) is 19.2 Å². The molecule has 0 aliphatic heterocycles. The second-order valence-corrected chi connectivity index (χ2v) is 6.13. The quantitative estimate of drug-likeness (QED) is 0.877. The maximum Gasteiger partial charge on any atom is 0.335 e. The fourth-order valence-electron chi connectivity index (χ4n) is 2.72. The maximum absolute atomic E-state index is 12.9. The molecule has 128 valence electrons. The van der Waals surface area contributed by atoms with E-state index in [-0.39, 0.29) is 24.4 Å². The first-order valence-electron chi connectivity index (χ1n) is 7.64. The highest BCUT2D eigenvalue weighted by atomic mass is 19.3. The number of aromatic carboxylic acids is 1. The summed E-state index contributed by atoms with van der Waals surface area (Å²) >= 11 is 0. The highest BCUT2D eigenvalue weighted by Gasteiger charge is 2.46. The van der Waals surface area contributed by atoms with Gasteiger partial charge in [-0.3, -0.25) is 4.98 Å². The molecule has 6 nitrogen and oxygen atoms in total. The van der Waals surface area contributed by atoms with Gasteiger partial charge in [0.1, 0.15) is 5.69 Å². The van der Waals surface area contributed by atoms with E-state index in [1.54, 1.807) is 12.5 Å². The Balaban J connectivity index is 1.60. The predicted octanol–water partition coefficient (Wildman–Crippen LogP) is 2.37. The number of carbonyl (C=O) groups is 1. The van der Waals surface area contributed by atoms with E-state index in [1.165, 1.54) is 18.3 Å².